The molecule has 0 aliphatic carbocycles. The highest BCUT2D eigenvalue weighted by Crippen LogP contribution is 2.20. The van der Waals surface area contributed by atoms with E-state index in [2.05, 4.69) is 71.5 Å². The molecule has 0 radical (unpaired) electrons. The maximum atomic E-state index is 8.99. The molecule has 1 saturated heterocycles. The van der Waals surface area contributed by atoms with Crippen LogP contribution in [0.1, 0.15) is 31.4 Å². The topological polar surface area (TPSA) is 67.5 Å². The van der Waals surface area contributed by atoms with Crippen LogP contribution in [0, 0.1) is 11.3 Å². The second kappa shape index (κ2) is 10.6. The molecule has 6 nitrogen and oxygen atoms in total. The molecule has 4 rings (SSSR count). The van der Waals surface area contributed by atoms with Crippen molar-refractivity contribution in [2.24, 2.45) is 4.99 Å². The van der Waals surface area contributed by atoms with Crippen molar-refractivity contribution in [1.82, 2.24) is 10.3 Å². The van der Waals surface area contributed by atoms with Gasteiger partial charge in [-0.3, -0.25) is 4.99 Å². The number of anilines is 2. The SMILES string of the molecule is CC/C1=C/C=CCN=C(c2ccc(N3CCN(c4ccc(C#N)cc4)CC3)nc2)NC(C)=C1. The number of rotatable bonds is 4. The van der Waals surface area contributed by atoms with Crippen molar-refractivity contribution in [3.8, 4) is 6.07 Å². The Hall–Kier alpha value is -3.85. The molecular formula is C27H30N6. The molecule has 2 aliphatic rings. The molecule has 0 saturated carbocycles. The minimum absolute atomic E-state index is 0.627. The highest BCUT2D eigenvalue weighted by atomic mass is 15.3. The van der Waals surface area contributed by atoms with Gasteiger partial charge in [0.05, 0.1) is 18.2 Å². The highest BCUT2D eigenvalue weighted by molar-refractivity contribution is 5.99. The van der Waals surface area contributed by atoms with Crippen molar-refractivity contribution in [3.05, 3.63) is 89.3 Å². The van der Waals surface area contributed by atoms with Gasteiger partial charge in [0.25, 0.3) is 0 Å². The van der Waals surface area contributed by atoms with Gasteiger partial charge in [-0.2, -0.15) is 5.26 Å². The molecule has 33 heavy (non-hydrogen) atoms. The van der Waals surface area contributed by atoms with Gasteiger partial charge >= 0.3 is 0 Å². The van der Waals surface area contributed by atoms with Gasteiger partial charge in [0.15, 0.2) is 0 Å². The third-order valence-corrected chi connectivity index (χ3v) is 5.91. The summed E-state index contributed by atoms with van der Waals surface area (Å²) in [6.07, 6.45) is 11.4. The largest absolute Gasteiger partial charge is 0.368 e. The van der Waals surface area contributed by atoms with E-state index in [0.717, 1.165) is 61.2 Å². The van der Waals surface area contributed by atoms with Crippen LogP contribution in [0.2, 0.25) is 0 Å². The predicted molar refractivity (Wildman–Crippen MR) is 136 cm³/mol. The monoisotopic (exact) mass is 438 g/mol. The maximum absolute atomic E-state index is 8.99. The van der Waals surface area contributed by atoms with E-state index in [-0.39, 0.29) is 0 Å². The second-order valence-corrected chi connectivity index (χ2v) is 8.20. The Morgan fingerprint density at radius 1 is 1.03 bits per heavy atom. The van der Waals surface area contributed by atoms with Crippen molar-refractivity contribution >= 4 is 17.3 Å². The number of pyridine rings is 1. The lowest BCUT2D eigenvalue weighted by atomic mass is 10.1. The van der Waals surface area contributed by atoms with Crippen LogP contribution in [0.4, 0.5) is 11.5 Å². The zero-order chi connectivity index (χ0) is 23.0. The standard InChI is InChI=1S/C27H30N6/c1-3-22-6-4-5-13-29-27(31-21(2)18-22)24-9-12-26(30-20-24)33-16-14-32(15-17-33)25-10-7-23(19-28)8-11-25/h4-12,18,20H,3,13-17H2,1-2H3,(H,29,31)/b5-4?,21-18?,22-6-. The molecule has 0 spiro atoms. The number of benzene rings is 1. The molecule has 2 aliphatic heterocycles. The first-order valence-electron chi connectivity index (χ1n) is 11.5. The zero-order valence-corrected chi connectivity index (χ0v) is 19.3. The van der Waals surface area contributed by atoms with Gasteiger partial charge in [-0.25, -0.2) is 4.98 Å². The fraction of sp³-hybridized carbons (Fsp3) is 0.296. The predicted octanol–water partition coefficient (Wildman–Crippen LogP) is 4.43. The lowest BCUT2D eigenvalue weighted by molar-refractivity contribution is 0.647. The lowest BCUT2D eigenvalue weighted by Gasteiger charge is -2.36. The van der Waals surface area contributed by atoms with Gasteiger partial charge < -0.3 is 15.1 Å². The number of allylic oxidation sites excluding steroid dienone is 5. The van der Waals surface area contributed by atoms with E-state index >= 15 is 0 Å². The average Bonchev–Trinajstić information content (AvgIpc) is 2.87. The van der Waals surface area contributed by atoms with Gasteiger partial charge in [0.2, 0.25) is 0 Å². The van der Waals surface area contributed by atoms with Crippen molar-refractivity contribution < 1.29 is 0 Å². The first-order valence-corrected chi connectivity index (χ1v) is 11.5. The van der Waals surface area contributed by atoms with E-state index in [0.29, 0.717) is 12.1 Å². The zero-order valence-electron chi connectivity index (χ0n) is 19.3. The van der Waals surface area contributed by atoms with E-state index in [4.69, 9.17) is 15.2 Å². The summed E-state index contributed by atoms with van der Waals surface area (Å²) in [6.45, 7) is 8.52. The number of nitriles is 1. The van der Waals surface area contributed by atoms with Crippen molar-refractivity contribution in [1.29, 1.82) is 5.26 Å². The van der Waals surface area contributed by atoms with Crippen LogP contribution in [0.5, 0.6) is 0 Å². The maximum Gasteiger partial charge on any atom is 0.134 e. The first-order chi connectivity index (χ1) is 16.2. The first kappa shape index (κ1) is 22.3. The van der Waals surface area contributed by atoms with E-state index in [1.54, 1.807) is 0 Å². The minimum atomic E-state index is 0.627. The van der Waals surface area contributed by atoms with Crippen LogP contribution in [0.25, 0.3) is 0 Å². The van der Waals surface area contributed by atoms with Crippen LogP contribution in [0.3, 0.4) is 0 Å². The van der Waals surface area contributed by atoms with Crippen molar-refractivity contribution in [3.63, 3.8) is 0 Å². The van der Waals surface area contributed by atoms with E-state index in [1.807, 2.05) is 30.5 Å². The van der Waals surface area contributed by atoms with Crippen LogP contribution < -0.4 is 15.1 Å². The average molecular weight is 439 g/mol. The molecule has 0 amide bonds. The Balaban J connectivity index is 1.41. The second-order valence-electron chi connectivity index (χ2n) is 8.20. The van der Waals surface area contributed by atoms with Gasteiger partial charge in [-0.15, -0.1) is 0 Å². The highest BCUT2D eigenvalue weighted by Gasteiger charge is 2.18. The van der Waals surface area contributed by atoms with Crippen LogP contribution >= 0.6 is 0 Å². The molecule has 1 aromatic heterocycles. The van der Waals surface area contributed by atoms with Gasteiger partial charge in [0.1, 0.15) is 11.7 Å². The number of hydrogen-bond donors (Lipinski definition) is 1. The molecule has 2 aromatic rings. The number of nitrogens with zero attached hydrogens (tertiary/aromatic N) is 5. The van der Waals surface area contributed by atoms with Crippen molar-refractivity contribution in [2.75, 3.05) is 42.5 Å². The lowest BCUT2D eigenvalue weighted by Crippen LogP contribution is -2.46. The Morgan fingerprint density at radius 3 is 2.45 bits per heavy atom. The summed E-state index contributed by atoms with van der Waals surface area (Å²) in [5.41, 5.74) is 5.20. The molecule has 1 fully saturated rings. The number of nitrogens with one attached hydrogen (secondary N) is 1. The minimum Gasteiger partial charge on any atom is -0.368 e. The summed E-state index contributed by atoms with van der Waals surface area (Å²) in [4.78, 5) is 14.1. The fourth-order valence-corrected chi connectivity index (χ4v) is 4.02. The molecule has 3 heterocycles. The summed E-state index contributed by atoms with van der Waals surface area (Å²) in [5, 5.41) is 12.4. The summed E-state index contributed by atoms with van der Waals surface area (Å²) in [6, 6.07) is 14.2. The Morgan fingerprint density at radius 2 is 1.79 bits per heavy atom. The third-order valence-electron chi connectivity index (χ3n) is 5.91. The van der Waals surface area contributed by atoms with Crippen molar-refractivity contribution in [2.45, 2.75) is 20.3 Å². The van der Waals surface area contributed by atoms with Gasteiger partial charge in [-0.1, -0.05) is 25.2 Å². The Bertz CT molecular complexity index is 1110. The molecule has 1 N–H and O–H groups in total. The summed E-state index contributed by atoms with van der Waals surface area (Å²) in [5.74, 6) is 1.83. The molecule has 168 valence electrons. The molecule has 0 atom stereocenters. The van der Waals surface area contributed by atoms with Crippen LogP contribution in [-0.2, 0) is 0 Å². The number of amidine groups is 1. The summed E-state index contributed by atoms with van der Waals surface area (Å²) < 4.78 is 0. The number of piperazine rings is 1. The quantitative estimate of drug-likeness (QED) is 0.765. The number of aromatic nitrogens is 1. The van der Waals surface area contributed by atoms with Crippen LogP contribution in [0.15, 0.2) is 83.2 Å². The molecule has 0 bridgehead atoms. The number of hydrogen-bond acceptors (Lipinski definition) is 6. The summed E-state index contributed by atoms with van der Waals surface area (Å²) in [7, 11) is 0. The Labute approximate surface area is 196 Å². The van der Waals surface area contributed by atoms with Crippen LogP contribution in [-0.4, -0.2) is 43.5 Å². The fourth-order valence-electron chi connectivity index (χ4n) is 4.02. The normalized spacial score (nSPS) is 18.4. The number of aliphatic imine (C=N–C) groups is 1. The Kier molecular flexibility index (Phi) is 7.21. The van der Waals surface area contributed by atoms with E-state index in [1.165, 1.54) is 5.57 Å². The van der Waals surface area contributed by atoms with E-state index in [9.17, 15) is 0 Å². The third kappa shape index (κ3) is 5.69. The smallest absolute Gasteiger partial charge is 0.134 e. The van der Waals surface area contributed by atoms with Gasteiger partial charge in [0, 0.05) is 49.3 Å². The molecular weight excluding hydrogens is 408 g/mol. The summed E-state index contributed by atoms with van der Waals surface area (Å²) >= 11 is 0. The van der Waals surface area contributed by atoms with E-state index < -0.39 is 0 Å². The molecule has 0 unspecified atom stereocenters. The van der Waals surface area contributed by atoms with Gasteiger partial charge in [-0.05, 0) is 61.4 Å². The molecule has 1 aromatic carbocycles. The molecule has 6 heteroatoms.